The standard InChI is InChI=1S/C17H27NO/c1-2-13-18-17(12-14-19)11-7-6-10-16(17)15-8-4-3-5-9-15/h3-5,8-9,16,18-19H,2,6-7,10-14H2,1H3. The molecule has 0 aromatic heterocycles. The minimum absolute atomic E-state index is 0.102. The highest BCUT2D eigenvalue weighted by Gasteiger charge is 2.40. The molecule has 0 bridgehead atoms. The van der Waals surface area contributed by atoms with E-state index in [0.717, 1.165) is 19.4 Å². The Kier molecular flexibility index (Phi) is 5.41. The quantitative estimate of drug-likeness (QED) is 0.822. The summed E-state index contributed by atoms with van der Waals surface area (Å²) in [4.78, 5) is 0. The summed E-state index contributed by atoms with van der Waals surface area (Å²) in [7, 11) is 0. The van der Waals surface area contributed by atoms with Gasteiger partial charge in [-0.3, -0.25) is 0 Å². The summed E-state index contributed by atoms with van der Waals surface area (Å²) in [5.41, 5.74) is 1.53. The fourth-order valence-electron chi connectivity index (χ4n) is 3.58. The summed E-state index contributed by atoms with van der Waals surface area (Å²) in [5, 5.41) is 13.3. The molecule has 0 spiro atoms. The second-order valence-electron chi connectivity index (χ2n) is 5.77. The van der Waals surface area contributed by atoms with Gasteiger partial charge in [0.1, 0.15) is 0 Å². The van der Waals surface area contributed by atoms with Gasteiger partial charge in [-0.1, -0.05) is 50.1 Å². The Hall–Kier alpha value is -0.860. The van der Waals surface area contributed by atoms with Crippen LogP contribution >= 0.6 is 0 Å². The van der Waals surface area contributed by atoms with Crippen molar-refractivity contribution in [2.24, 2.45) is 0 Å². The topological polar surface area (TPSA) is 32.3 Å². The van der Waals surface area contributed by atoms with E-state index in [1.807, 2.05) is 0 Å². The summed E-state index contributed by atoms with van der Waals surface area (Å²) in [5.74, 6) is 0.543. The Morgan fingerprint density at radius 3 is 2.74 bits per heavy atom. The van der Waals surface area contributed by atoms with E-state index in [-0.39, 0.29) is 12.1 Å². The third-order valence-electron chi connectivity index (χ3n) is 4.52. The van der Waals surface area contributed by atoms with Gasteiger partial charge in [-0.15, -0.1) is 0 Å². The maximum Gasteiger partial charge on any atom is 0.0448 e. The van der Waals surface area contributed by atoms with Gasteiger partial charge in [-0.05, 0) is 37.8 Å². The van der Waals surface area contributed by atoms with Gasteiger partial charge in [0, 0.05) is 18.1 Å². The number of rotatable bonds is 6. The molecule has 1 saturated carbocycles. The Morgan fingerprint density at radius 1 is 1.26 bits per heavy atom. The molecule has 106 valence electrons. The zero-order valence-electron chi connectivity index (χ0n) is 12.1. The molecule has 2 unspecified atom stereocenters. The van der Waals surface area contributed by atoms with Gasteiger partial charge in [0.25, 0.3) is 0 Å². The lowest BCUT2D eigenvalue weighted by Crippen LogP contribution is -2.52. The molecule has 1 aromatic rings. The highest BCUT2D eigenvalue weighted by molar-refractivity contribution is 5.25. The van der Waals surface area contributed by atoms with Gasteiger partial charge < -0.3 is 10.4 Å². The monoisotopic (exact) mass is 261 g/mol. The van der Waals surface area contributed by atoms with Crippen LogP contribution in [0.5, 0.6) is 0 Å². The number of nitrogens with one attached hydrogen (secondary N) is 1. The van der Waals surface area contributed by atoms with Gasteiger partial charge in [-0.2, -0.15) is 0 Å². The van der Waals surface area contributed by atoms with E-state index in [1.165, 1.54) is 31.2 Å². The molecule has 0 saturated heterocycles. The fourth-order valence-corrected chi connectivity index (χ4v) is 3.58. The zero-order valence-corrected chi connectivity index (χ0v) is 12.1. The minimum Gasteiger partial charge on any atom is -0.396 e. The molecule has 0 heterocycles. The van der Waals surface area contributed by atoms with Crippen molar-refractivity contribution >= 4 is 0 Å². The third-order valence-corrected chi connectivity index (χ3v) is 4.52. The first-order chi connectivity index (χ1) is 9.32. The van der Waals surface area contributed by atoms with Gasteiger partial charge in [0.2, 0.25) is 0 Å². The van der Waals surface area contributed by atoms with Crippen molar-refractivity contribution in [3.63, 3.8) is 0 Å². The molecule has 19 heavy (non-hydrogen) atoms. The van der Waals surface area contributed by atoms with Crippen molar-refractivity contribution < 1.29 is 5.11 Å². The average molecular weight is 261 g/mol. The lowest BCUT2D eigenvalue weighted by atomic mass is 9.68. The van der Waals surface area contributed by atoms with Crippen molar-refractivity contribution in [3.8, 4) is 0 Å². The number of hydrogen-bond donors (Lipinski definition) is 2. The second kappa shape index (κ2) is 7.06. The van der Waals surface area contributed by atoms with Crippen molar-refractivity contribution in [1.29, 1.82) is 0 Å². The number of aliphatic hydroxyl groups excluding tert-OH is 1. The normalized spacial score (nSPS) is 27.4. The Morgan fingerprint density at radius 2 is 2.05 bits per heavy atom. The van der Waals surface area contributed by atoms with E-state index < -0.39 is 0 Å². The van der Waals surface area contributed by atoms with Crippen molar-refractivity contribution in [2.75, 3.05) is 13.2 Å². The van der Waals surface area contributed by atoms with Crippen molar-refractivity contribution in [3.05, 3.63) is 35.9 Å². The van der Waals surface area contributed by atoms with Gasteiger partial charge in [0.05, 0.1) is 0 Å². The summed E-state index contributed by atoms with van der Waals surface area (Å²) >= 11 is 0. The Balaban J connectivity index is 2.25. The highest BCUT2D eigenvalue weighted by atomic mass is 16.3. The SMILES string of the molecule is CCCNC1(CCO)CCCCC1c1ccccc1. The van der Waals surface area contributed by atoms with E-state index >= 15 is 0 Å². The van der Waals surface area contributed by atoms with E-state index in [9.17, 15) is 5.11 Å². The van der Waals surface area contributed by atoms with Crippen LogP contribution in [0.15, 0.2) is 30.3 Å². The Labute approximate surface area is 117 Å². The largest absolute Gasteiger partial charge is 0.396 e. The van der Waals surface area contributed by atoms with Crippen LogP contribution in [-0.2, 0) is 0 Å². The molecule has 1 aliphatic carbocycles. The fraction of sp³-hybridized carbons (Fsp3) is 0.647. The molecule has 0 aliphatic heterocycles. The van der Waals surface area contributed by atoms with Crippen LogP contribution in [0.2, 0.25) is 0 Å². The van der Waals surface area contributed by atoms with Crippen LogP contribution in [-0.4, -0.2) is 23.8 Å². The van der Waals surface area contributed by atoms with E-state index in [4.69, 9.17) is 0 Å². The molecule has 1 aliphatic rings. The number of benzene rings is 1. The van der Waals surface area contributed by atoms with Gasteiger partial charge in [0.15, 0.2) is 0 Å². The van der Waals surface area contributed by atoms with E-state index in [2.05, 4.69) is 42.6 Å². The minimum atomic E-state index is 0.102. The molecule has 1 fully saturated rings. The molecule has 2 atom stereocenters. The third kappa shape index (κ3) is 3.37. The molecule has 0 amide bonds. The summed E-state index contributed by atoms with van der Waals surface area (Å²) in [6.07, 6.45) is 7.02. The zero-order chi connectivity index (χ0) is 13.6. The van der Waals surface area contributed by atoms with Crippen LogP contribution < -0.4 is 5.32 Å². The van der Waals surface area contributed by atoms with E-state index in [0.29, 0.717) is 5.92 Å². The van der Waals surface area contributed by atoms with Crippen LogP contribution in [0, 0.1) is 0 Å². The van der Waals surface area contributed by atoms with E-state index in [1.54, 1.807) is 0 Å². The molecule has 1 aromatic carbocycles. The molecule has 2 heteroatoms. The maximum atomic E-state index is 9.51. The van der Waals surface area contributed by atoms with Crippen molar-refractivity contribution in [1.82, 2.24) is 5.32 Å². The summed E-state index contributed by atoms with van der Waals surface area (Å²) in [6, 6.07) is 10.8. The molecule has 2 rings (SSSR count). The number of hydrogen-bond acceptors (Lipinski definition) is 2. The first-order valence-corrected chi connectivity index (χ1v) is 7.73. The van der Waals surface area contributed by atoms with Crippen molar-refractivity contribution in [2.45, 2.75) is 56.9 Å². The van der Waals surface area contributed by atoms with Crippen LogP contribution in [0.4, 0.5) is 0 Å². The predicted octanol–water partition coefficient (Wildman–Crippen LogP) is 3.47. The molecule has 2 N–H and O–H groups in total. The molecule has 2 nitrogen and oxygen atoms in total. The highest BCUT2D eigenvalue weighted by Crippen LogP contribution is 2.42. The summed E-state index contributed by atoms with van der Waals surface area (Å²) in [6.45, 7) is 3.53. The lowest BCUT2D eigenvalue weighted by Gasteiger charge is -2.45. The second-order valence-corrected chi connectivity index (χ2v) is 5.77. The van der Waals surface area contributed by atoms with Crippen LogP contribution in [0.3, 0.4) is 0 Å². The predicted molar refractivity (Wildman–Crippen MR) is 80.4 cm³/mol. The Bertz CT molecular complexity index is 361. The van der Waals surface area contributed by atoms with Crippen LogP contribution in [0.25, 0.3) is 0 Å². The lowest BCUT2D eigenvalue weighted by molar-refractivity contribution is 0.141. The smallest absolute Gasteiger partial charge is 0.0448 e. The van der Waals surface area contributed by atoms with Gasteiger partial charge in [-0.25, -0.2) is 0 Å². The van der Waals surface area contributed by atoms with Crippen LogP contribution in [0.1, 0.15) is 56.9 Å². The molecule has 0 radical (unpaired) electrons. The number of aliphatic hydroxyl groups is 1. The first-order valence-electron chi connectivity index (χ1n) is 7.73. The average Bonchev–Trinajstić information content (AvgIpc) is 2.47. The summed E-state index contributed by atoms with van der Waals surface area (Å²) < 4.78 is 0. The maximum absolute atomic E-state index is 9.51. The molecular weight excluding hydrogens is 234 g/mol. The molecular formula is C17H27NO. The van der Waals surface area contributed by atoms with Gasteiger partial charge >= 0.3 is 0 Å². The first kappa shape index (κ1) is 14.5.